The lowest BCUT2D eigenvalue weighted by molar-refractivity contribution is 0.112. The first kappa shape index (κ1) is 7.80. The maximum atomic E-state index is 10.7. The standard InChI is InChI=1S/C11H7O2/c12-7-10-9-4-2-1-3-8(9)5-6-11(10)13/h1-5,7,13H. The van der Waals surface area contributed by atoms with Crippen LogP contribution in [0.1, 0.15) is 10.4 Å². The van der Waals surface area contributed by atoms with Crippen LogP contribution in [0.2, 0.25) is 0 Å². The van der Waals surface area contributed by atoms with Crippen molar-refractivity contribution in [1.82, 2.24) is 0 Å². The number of fused-ring (bicyclic) bond motifs is 1. The number of phenols is 1. The van der Waals surface area contributed by atoms with Gasteiger partial charge in [-0.1, -0.05) is 24.3 Å². The highest BCUT2D eigenvalue weighted by Crippen LogP contribution is 2.24. The van der Waals surface area contributed by atoms with Crippen molar-refractivity contribution in [3.05, 3.63) is 42.0 Å². The van der Waals surface area contributed by atoms with Gasteiger partial charge in [0.1, 0.15) is 5.75 Å². The summed E-state index contributed by atoms with van der Waals surface area (Å²) in [4.78, 5) is 10.7. The number of benzene rings is 2. The zero-order chi connectivity index (χ0) is 9.26. The first-order valence-corrected chi connectivity index (χ1v) is 3.90. The van der Waals surface area contributed by atoms with Crippen LogP contribution >= 0.6 is 0 Å². The van der Waals surface area contributed by atoms with E-state index in [1.807, 2.05) is 18.2 Å². The van der Waals surface area contributed by atoms with E-state index < -0.39 is 0 Å². The fraction of sp³-hybridized carbons (Fsp3) is 0. The molecular weight excluding hydrogens is 164 g/mol. The maximum Gasteiger partial charge on any atom is 0.154 e. The van der Waals surface area contributed by atoms with Gasteiger partial charge in [-0.25, -0.2) is 0 Å². The average molecular weight is 171 g/mol. The van der Waals surface area contributed by atoms with Gasteiger partial charge in [0, 0.05) is 6.07 Å². The van der Waals surface area contributed by atoms with Gasteiger partial charge in [0.05, 0.1) is 5.56 Å². The molecule has 0 aromatic heterocycles. The average Bonchev–Trinajstić information content (AvgIpc) is 2.18. The van der Waals surface area contributed by atoms with Crippen LogP contribution < -0.4 is 0 Å². The van der Waals surface area contributed by atoms with Crippen LogP contribution in [0.25, 0.3) is 10.8 Å². The number of rotatable bonds is 1. The molecule has 2 rings (SSSR count). The van der Waals surface area contributed by atoms with Crippen molar-refractivity contribution >= 4 is 17.1 Å². The highest BCUT2D eigenvalue weighted by Gasteiger charge is 2.04. The molecule has 0 aliphatic heterocycles. The topological polar surface area (TPSA) is 37.3 Å². The van der Waals surface area contributed by atoms with Crippen LogP contribution in [0.4, 0.5) is 0 Å². The first-order chi connectivity index (χ1) is 6.33. The summed E-state index contributed by atoms with van der Waals surface area (Å²) in [6.07, 6.45) is 0.647. The summed E-state index contributed by atoms with van der Waals surface area (Å²) in [5.41, 5.74) is 0.304. The van der Waals surface area contributed by atoms with E-state index in [2.05, 4.69) is 6.07 Å². The zero-order valence-electron chi connectivity index (χ0n) is 6.82. The monoisotopic (exact) mass is 171 g/mol. The molecule has 0 bridgehead atoms. The molecule has 0 spiro atoms. The van der Waals surface area contributed by atoms with E-state index in [9.17, 15) is 9.90 Å². The summed E-state index contributed by atoms with van der Waals surface area (Å²) in [6, 6.07) is 11.7. The Morgan fingerprint density at radius 2 is 2.08 bits per heavy atom. The van der Waals surface area contributed by atoms with Crippen LogP contribution in [0.3, 0.4) is 0 Å². The quantitative estimate of drug-likeness (QED) is 0.667. The Hall–Kier alpha value is -1.83. The van der Waals surface area contributed by atoms with Gasteiger partial charge in [0.25, 0.3) is 0 Å². The molecule has 0 aliphatic rings. The summed E-state index contributed by atoms with van der Waals surface area (Å²) in [7, 11) is 0. The predicted molar refractivity (Wildman–Crippen MR) is 49.8 cm³/mol. The normalized spacial score (nSPS) is 10.2. The number of aldehydes is 1. The Bertz CT molecular complexity index is 461. The SMILES string of the molecule is O=Cc1c(O)[c]cc2ccccc12. The third kappa shape index (κ3) is 1.16. The highest BCUT2D eigenvalue weighted by atomic mass is 16.3. The second kappa shape index (κ2) is 2.90. The molecule has 0 amide bonds. The highest BCUT2D eigenvalue weighted by molar-refractivity contribution is 6.00. The maximum absolute atomic E-state index is 10.7. The van der Waals surface area contributed by atoms with Crippen LogP contribution in [-0.2, 0) is 0 Å². The van der Waals surface area contributed by atoms with Gasteiger partial charge in [-0.15, -0.1) is 0 Å². The smallest absolute Gasteiger partial charge is 0.154 e. The predicted octanol–water partition coefficient (Wildman–Crippen LogP) is 2.16. The summed E-state index contributed by atoms with van der Waals surface area (Å²) < 4.78 is 0. The molecule has 0 heterocycles. The molecule has 0 fully saturated rings. The molecule has 2 aromatic rings. The molecule has 0 saturated heterocycles. The van der Waals surface area contributed by atoms with Gasteiger partial charge in [0.15, 0.2) is 6.29 Å². The summed E-state index contributed by atoms with van der Waals surface area (Å²) in [6.45, 7) is 0. The van der Waals surface area contributed by atoms with E-state index in [4.69, 9.17) is 0 Å². The molecular formula is C11H7O2. The number of hydrogen-bond acceptors (Lipinski definition) is 2. The Labute approximate surface area is 75.4 Å². The van der Waals surface area contributed by atoms with Crippen molar-refractivity contribution in [2.45, 2.75) is 0 Å². The molecule has 0 saturated carbocycles. The van der Waals surface area contributed by atoms with Gasteiger partial charge in [-0.3, -0.25) is 4.79 Å². The lowest BCUT2D eigenvalue weighted by atomic mass is 10.0. The van der Waals surface area contributed by atoms with Crippen LogP contribution in [-0.4, -0.2) is 11.4 Å². The number of phenolic OH excluding ortho intramolecular Hbond substituents is 1. The minimum absolute atomic E-state index is 0.0892. The largest absolute Gasteiger partial charge is 0.507 e. The third-order valence-corrected chi connectivity index (χ3v) is 1.99. The lowest BCUT2D eigenvalue weighted by Crippen LogP contribution is -1.84. The molecule has 2 aromatic carbocycles. The van der Waals surface area contributed by atoms with Crippen molar-refractivity contribution in [3.63, 3.8) is 0 Å². The zero-order valence-corrected chi connectivity index (χ0v) is 6.82. The van der Waals surface area contributed by atoms with E-state index in [0.29, 0.717) is 11.8 Å². The minimum atomic E-state index is -0.0892. The number of carbonyl (C=O) groups excluding carboxylic acids is 1. The number of aromatic hydroxyl groups is 1. The van der Waals surface area contributed by atoms with E-state index in [1.54, 1.807) is 12.1 Å². The molecule has 2 heteroatoms. The molecule has 0 atom stereocenters. The van der Waals surface area contributed by atoms with Crippen LogP contribution in [0.5, 0.6) is 5.75 Å². The minimum Gasteiger partial charge on any atom is -0.507 e. The van der Waals surface area contributed by atoms with Crippen molar-refractivity contribution in [1.29, 1.82) is 0 Å². The third-order valence-electron chi connectivity index (χ3n) is 1.99. The summed E-state index contributed by atoms with van der Waals surface area (Å²) in [5.74, 6) is -0.0892. The molecule has 13 heavy (non-hydrogen) atoms. The van der Waals surface area contributed by atoms with E-state index in [0.717, 1.165) is 10.8 Å². The van der Waals surface area contributed by atoms with E-state index >= 15 is 0 Å². The fourth-order valence-corrected chi connectivity index (χ4v) is 1.34. The summed E-state index contributed by atoms with van der Waals surface area (Å²) >= 11 is 0. The Balaban J connectivity index is 2.91. The van der Waals surface area contributed by atoms with Gasteiger partial charge in [-0.05, 0) is 16.8 Å². The van der Waals surface area contributed by atoms with Gasteiger partial charge in [0.2, 0.25) is 0 Å². The number of carbonyl (C=O) groups is 1. The van der Waals surface area contributed by atoms with Crippen molar-refractivity contribution in [3.8, 4) is 5.75 Å². The first-order valence-electron chi connectivity index (χ1n) is 3.90. The van der Waals surface area contributed by atoms with E-state index in [-0.39, 0.29) is 5.75 Å². The van der Waals surface area contributed by atoms with E-state index in [1.165, 1.54) is 0 Å². The number of hydrogen-bond donors (Lipinski definition) is 1. The van der Waals surface area contributed by atoms with Gasteiger partial charge < -0.3 is 5.11 Å². The van der Waals surface area contributed by atoms with Crippen molar-refractivity contribution in [2.75, 3.05) is 0 Å². The van der Waals surface area contributed by atoms with Crippen molar-refractivity contribution < 1.29 is 9.90 Å². The molecule has 63 valence electrons. The Morgan fingerprint density at radius 1 is 1.31 bits per heavy atom. The van der Waals surface area contributed by atoms with Gasteiger partial charge in [-0.2, -0.15) is 0 Å². The van der Waals surface area contributed by atoms with Crippen molar-refractivity contribution in [2.24, 2.45) is 0 Å². The van der Waals surface area contributed by atoms with Crippen LogP contribution in [0.15, 0.2) is 30.3 Å². The molecule has 2 nitrogen and oxygen atoms in total. The van der Waals surface area contributed by atoms with Crippen LogP contribution in [0, 0.1) is 6.07 Å². The fourth-order valence-electron chi connectivity index (χ4n) is 1.34. The molecule has 0 unspecified atom stereocenters. The Morgan fingerprint density at radius 3 is 2.85 bits per heavy atom. The summed E-state index contributed by atoms with van der Waals surface area (Å²) in [5, 5.41) is 11.0. The molecule has 1 radical (unpaired) electrons. The molecule has 1 N–H and O–H groups in total. The Kier molecular flexibility index (Phi) is 1.74. The second-order valence-corrected chi connectivity index (χ2v) is 2.76. The lowest BCUT2D eigenvalue weighted by Gasteiger charge is -2.01. The molecule has 0 aliphatic carbocycles. The second-order valence-electron chi connectivity index (χ2n) is 2.76. The van der Waals surface area contributed by atoms with Gasteiger partial charge >= 0.3 is 0 Å².